The maximum atomic E-state index is 8.53. The van der Waals surface area contributed by atoms with E-state index in [0.29, 0.717) is 12.3 Å². The zero-order valence-corrected chi connectivity index (χ0v) is 7.38. The van der Waals surface area contributed by atoms with Crippen LogP contribution in [0.3, 0.4) is 0 Å². The van der Waals surface area contributed by atoms with Crippen LogP contribution in [0.1, 0.15) is 19.3 Å². The first-order chi connectivity index (χ1) is 5.76. The summed E-state index contributed by atoms with van der Waals surface area (Å²) < 4.78 is 0. The van der Waals surface area contributed by atoms with Crippen LogP contribution in [0.25, 0.3) is 0 Å². The molecule has 0 aliphatic heterocycles. The highest BCUT2D eigenvalue weighted by Crippen LogP contribution is 2.31. The van der Waals surface area contributed by atoms with E-state index in [-0.39, 0.29) is 0 Å². The lowest BCUT2D eigenvalue weighted by Gasteiger charge is -2.07. The fraction of sp³-hybridized carbons (Fsp3) is 0.556. The normalized spacial score (nSPS) is 21.7. The summed E-state index contributed by atoms with van der Waals surface area (Å²) in [6, 6.07) is 3.93. The summed E-state index contributed by atoms with van der Waals surface area (Å²) in [7, 11) is 0. The van der Waals surface area contributed by atoms with E-state index in [1.165, 1.54) is 0 Å². The molecule has 0 aromatic carbocycles. The van der Waals surface area contributed by atoms with Crippen molar-refractivity contribution in [1.29, 1.82) is 10.5 Å². The lowest BCUT2D eigenvalue weighted by molar-refractivity contribution is 0.487. The highest BCUT2D eigenvalue weighted by atomic mass is 35.5. The van der Waals surface area contributed by atoms with E-state index in [1.807, 2.05) is 18.2 Å². The molecule has 0 radical (unpaired) electrons. The molecule has 1 unspecified atom stereocenters. The van der Waals surface area contributed by atoms with Crippen LogP contribution in [0, 0.1) is 34.5 Å². The minimum absolute atomic E-state index is 0.404. The number of rotatable bonds is 2. The van der Waals surface area contributed by atoms with E-state index in [1.54, 1.807) is 0 Å². The van der Waals surface area contributed by atoms with E-state index in [0.717, 1.165) is 17.9 Å². The van der Waals surface area contributed by atoms with Crippen molar-refractivity contribution in [3.8, 4) is 12.1 Å². The third-order valence-corrected chi connectivity index (χ3v) is 2.35. The van der Waals surface area contributed by atoms with Crippen LogP contribution in [0.4, 0.5) is 0 Å². The summed E-state index contributed by atoms with van der Waals surface area (Å²) in [5.41, 5.74) is 0. The van der Waals surface area contributed by atoms with Crippen molar-refractivity contribution in [2.75, 3.05) is 0 Å². The van der Waals surface area contributed by atoms with Crippen LogP contribution in [0.5, 0.6) is 0 Å². The molecule has 0 spiro atoms. The van der Waals surface area contributed by atoms with Crippen LogP contribution in [0.15, 0.2) is 11.1 Å². The van der Waals surface area contributed by atoms with Gasteiger partial charge in [-0.25, -0.2) is 0 Å². The molecule has 0 saturated heterocycles. The molecular weight excluding hydrogens is 172 g/mol. The van der Waals surface area contributed by atoms with Gasteiger partial charge in [-0.1, -0.05) is 17.7 Å². The number of nitrogens with zero attached hydrogens (tertiary/aromatic N) is 2. The van der Waals surface area contributed by atoms with Crippen molar-refractivity contribution in [3.63, 3.8) is 0 Å². The molecule has 1 rings (SSSR count). The number of allylic oxidation sites excluding steroid dienone is 2. The number of nitriles is 2. The molecule has 0 saturated carbocycles. The van der Waals surface area contributed by atoms with E-state index < -0.39 is 5.92 Å². The zero-order valence-electron chi connectivity index (χ0n) is 6.63. The van der Waals surface area contributed by atoms with E-state index in [9.17, 15) is 0 Å². The first-order valence-electron chi connectivity index (χ1n) is 3.90. The van der Waals surface area contributed by atoms with Crippen molar-refractivity contribution in [3.05, 3.63) is 11.1 Å². The predicted molar refractivity (Wildman–Crippen MR) is 46.0 cm³/mol. The molecule has 1 aliphatic carbocycles. The van der Waals surface area contributed by atoms with Gasteiger partial charge in [-0.05, 0) is 25.2 Å². The van der Waals surface area contributed by atoms with E-state index in [2.05, 4.69) is 0 Å². The van der Waals surface area contributed by atoms with Crippen LogP contribution < -0.4 is 0 Å². The van der Waals surface area contributed by atoms with E-state index in [4.69, 9.17) is 22.1 Å². The van der Waals surface area contributed by atoms with Gasteiger partial charge in [0, 0.05) is 5.03 Å². The van der Waals surface area contributed by atoms with Gasteiger partial charge in [0.15, 0.2) is 0 Å². The van der Waals surface area contributed by atoms with Gasteiger partial charge in [-0.3, -0.25) is 0 Å². The van der Waals surface area contributed by atoms with Crippen LogP contribution in [0.2, 0.25) is 0 Å². The lowest BCUT2D eigenvalue weighted by atomic mass is 9.95. The highest BCUT2D eigenvalue weighted by Gasteiger charge is 2.19. The molecule has 1 aliphatic rings. The molecule has 0 amide bonds. The molecule has 0 aromatic heterocycles. The zero-order chi connectivity index (χ0) is 8.97. The smallest absolute Gasteiger partial charge is 0.133 e. The fourth-order valence-corrected chi connectivity index (χ4v) is 1.69. The Labute approximate surface area is 77.1 Å². The molecule has 0 heterocycles. The van der Waals surface area contributed by atoms with Crippen LogP contribution in [-0.2, 0) is 0 Å². The Morgan fingerprint density at radius 1 is 1.58 bits per heavy atom. The first-order valence-corrected chi connectivity index (χ1v) is 4.27. The first kappa shape index (κ1) is 9.10. The third-order valence-electron chi connectivity index (χ3n) is 2.04. The van der Waals surface area contributed by atoms with Gasteiger partial charge < -0.3 is 0 Å². The van der Waals surface area contributed by atoms with Gasteiger partial charge in [-0.15, -0.1) is 0 Å². The molecule has 0 bridgehead atoms. The van der Waals surface area contributed by atoms with Crippen molar-refractivity contribution in [2.45, 2.75) is 19.3 Å². The Bertz CT molecular complexity index is 255. The van der Waals surface area contributed by atoms with Gasteiger partial charge in [-0.2, -0.15) is 10.5 Å². The quantitative estimate of drug-likeness (QED) is 0.656. The Morgan fingerprint density at radius 2 is 2.25 bits per heavy atom. The van der Waals surface area contributed by atoms with Crippen molar-refractivity contribution in [1.82, 2.24) is 0 Å². The molecule has 0 aromatic rings. The van der Waals surface area contributed by atoms with Gasteiger partial charge in [0.05, 0.1) is 12.1 Å². The van der Waals surface area contributed by atoms with Gasteiger partial charge in [0.1, 0.15) is 5.92 Å². The fourth-order valence-electron chi connectivity index (χ4n) is 1.38. The topological polar surface area (TPSA) is 47.6 Å². The SMILES string of the molecule is N#CC(C#N)CC1CC=C(Cl)C1. The van der Waals surface area contributed by atoms with Crippen LogP contribution in [-0.4, -0.2) is 0 Å². The highest BCUT2D eigenvalue weighted by molar-refractivity contribution is 6.29. The average molecular weight is 181 g/mol. The predicted octanol–water partition coefficient (Wildman–Crippen LogP) is 2.57. The number of halogens is 1. The molecule has 0 N–H and O–H groups in total. The van der Waals surface area contributed by atoms with E-state index >= 15 is 0 Å². The molecule has 62 valence electrons. The van der Waals surface area contributed by atoms with Gasteiger partial charge in [0.25, 0.3) is 0 Å². The Kier molecular flexibility index (Phi) is 3.14. The second-order valence-corrected chi connectivity index (χ2v) is 3.49. The van der Waals surface area contributed by atoms with Gasteiger partial charge in [0.2, 0.25) is 0 Å². The minimum atomic E-state index is -0.467. The standard InChI is InChI=1S/C9H9ClN2/c10-9-2-1-7(4-9)3-8(5-11)6-12/h2,7-8H,1,3-4H2. The summed E-state index contributed by atoms with van der Waals surface area (Å²) in [5, 5.41) is 17.9. The summed E-state index contributed by atoms with van der Waals surface area (Å²) in [4.78, 5) is 0. The van der Waals surface area contributed by atoms with Crippen LogP contribution >= 0.6 is 11.6 Å². The molecule has 12 heavy (non-hydrogen) atoms. The average Bonchev–Trinajstić information content (AvgIpc) is 2.47. The summed E-state index contributed by atoms with van der Waals surface area (Å²) in [6.07, 6.45) is 4.37. The second-order valence-electron chi connectivity index (χ2n) is 3.00. The number of hydrogen-bond donors (Lipinski definition) is 0. The third kappa shape index (κ3) is 2.26. The monoisotopic (exact) mass is 180 g/mol. The Morgan fingerprint density at radius 3 is 2.67 bits per heavy atom. The molecule has 1 atom stereocenters. The summed E-state index contributed by atoms with van der Waals surface area (Å²) in [6.45, 7) is 0. The Hall–Kier alpha value is -0.990. The summed E-state index contributed by atoms with van der Waals surface area (Å²) in [5.74, 6) is -0.0623. The van der Waals surface area contributed by atoms with Crippen molar-refractivity contribution in [2.24, 2.45) is 11.8 Å². The molecule has 3 heteroatoms. The van der Waals surface area contributed by atoms with Crippen molar-refractivity contribution < 1.29 is 0 Å². The lowest BCUT2D eigenvalue weighted by Crippen LogP contribution is -2.02. The van der Waals surface area contributed by atoms with Crippen molar-refractivity contribution >= 4 is 11.6 Å². The van der Waals surface area contributed by atoms with Gasteiger partial charge >= 0.3 is 0 Å². The largest absolute Gasteiger partial charge is 0.197 e. The summed E-state index contributed by atoms with van der Waals surface area (Å²) >= 11 is 5.77. The maximum Gasteiger partial charge on any atom is 0.133 e. The Balaban J connectivity index is 2.36. The number of hydrogen-bond acceptors (Lipinski definition) is 2. The maximum absolute atomic E-state index is 8.53. The molecular formula is C9H9ClN2. The second kappa shape index (κ2) is 4.14. The molecule has 0 fully saturated rings. The minimum Gasteiger partial charge on any atom is -0.197 e. The molecule has 2 nitrogen and oxygen atoms in total.